The summed E-state index contributed by atoms with van der Waals surface area (Å²) >= 11 is 0. The summed E-state index contributed by atoms with van der Waals surface area (Å²) in [6.45, 7) is 9.38. The summed E-state index contributed by atoms with van der Waals surface area (Å²) in [5.74, 6) is 0.219. The lowest BCUT2D eigenvalue weighted by atomic mass is 10.1. The maximum absolute atomic E-state index is 14.1. The first-order chi connectivity index (χ1) is 9.49. The van der Waals surface area contributed by atoms with Crippen LogP contribution in [0.4, 0.5) is 14.5 Å². The molecule has 4 heteroatoms. The van der Waals surface area contributed by atoms with Crippen LogP contribution in [-0.4, -0.2) is 26.2 Å². The van der Waals surface area contributed by atoms with E-state index >= 15 is 0 Å². The molecule has 0 bridgehead atoms. The predicted molar refractivity (Wildman–Crippen MR) is 79.1 cm³/mol. The normalized spacial score (nSPS) is 19.1. The first kappa shape index (κ1) is 15.2. The van der Waals surface area contributed by atoms with E-state index in [1.807, 2.05) is 4.90 Å². The third kappa shape index (κ3) is 3.48. The van der Waals surface area contributed by atoms with Crippen molar-refractivity contribution in [2.45, 2.75) is 27.2 Å². The van der Waals surface area contributed by atoms with Crippen LogP contribution in [0.25, 0.3) is 0 Å². The van der Waals surface area contributed by atoms with E-state index in [1.165, 1.54) is 12.1 Å². The zero-order valence-corrected chi connectivity index (χ0v) is 12.5. The SMILES string of the molecule is Cc1ccc(F)c(N2CCC(CNCC(C)C)C2)c1F. The lowest BCUT2D eigenvalue weighted by Crippen LogP contribution is -2.29. The molecule has 1 N–H and O–H groups in total. The Balaban J connectivity index is 1.98. The quantitative estimate of drug-likeness (QED) is 0.891. The highest BCUT2D eigenvalue weighted by molar-refractivity contribution is 5.52. The zero-order valence-electron chi connectivity index (χ0n) is 12.5. The van der Waals surface area contributed by atoms with Crippen molar-refractivity contribution < 1.29 is 8.78 Å². The molecule has 2 nitrogen and oxygen atoms in total. The van der Waals surface area contributed by atoms with Gasteiger partial charge in [0, 0.05) is 13.1 Å². The van der Waals surface area contributed by atoms with Gasteiger partial charge in [-0.15, -0.1) is 0 Å². The van der Waals surface area contributed by atoms with E-state index < -0.39 is 11.6 Å². The largest absolute Gasteiger partial charge is 0.366 e. The van der Waals surface area contributed by atoms with Gasteiger partial charge in [0.1, 0.15) is 11.5 Å². The van der Waals surface area contributed by atoms with Gasteiger partial charge in [0.15, 0.2) is 5.82 Å². The van der Waals surface area contributed by atoms with Crippen LogP contribution in [0, 0.1) is 30.4 Å². The number of nitrogens with zero attached hydrogens (tertiary/aromatic N) is 1. The second-order valence-electron chi connectivity index (χ2n) is 6.18. The number of aryl methyl sites for hydroxylation is 1. The summed E-state index contributed by atoms with van der Waals surface area (Å²) in [6, 6.07) is 2.85. The number of anilines is 1. The molecule has 20 heavy (non-hydrogen) atoms. The van der Waals surface area contributed by atoms with Crippen molar-refractivity contribution in [1.29, 1.82) is 0 Å². The summed E-state index contributed by atoms with van der Waals surface area (Å²) in [7, 11) is 0. The average Bonchev–Trinajstić information content (AvgIpc) is 2.83. The summed E-state index contributed by atoms with van der Waals surface area (Å²) < 4.78 is 28.0. The second-order valence-corrected chi connectivity index (χ2v) is 6.18. The zero-order chi connectivity index (χ0) is 14.7. The minimum absolute atomic E-state index is 0.149. The Morgan fingerprint density at radius 3 is 2.80 bits per heavy atom. The fourth-order valence-electron chi connectivity index (χ4n) is 2.71. The molecule has 1 saturated heterocycles. The van der Waals surface area contributed by atoms with Gasteiger partial charge in [-0.3, -0.25) is 0 Å². The fourth-order valence-corrected chi connectivity index (χ4v) is 2.71. The Morgan fingerprint density at radius 1 is 1.35 bits per heavy atom. The van der Waals surface area contributed by atoms with Gasteiger partial charge in [0.2, 0.25) is 0 Å². The highest BCUT2D eigenvalue weighted by atomic mass is 19.1. The maximum Gasteiger partial charge on any atom is 0.152 e. The highest BCUT2D eigenvalue weighted by Crippen LogP contribution is 2.30. The molecule has 1 aromatic carbocycles. The molecule has 0 aliphatic carbocycles. The number of benzene rings is 1. The Labute approximate surface area is 120 Å². The lowest BCUT2D eigenvalue weighted by Gasteiger charge is -2.21. The maximum atomic E-state index is 14.1. The third-order valence-electron chi connectivity index (χ3n) is 3.85. The van der Waals surface area contributed by atoms with Crippen LogP contribution in [0.5, 0.6) is 0 Å². The van der Waals surface area contributed by atoms with E-state index in [-0.39, 0.29) is 5.69 Å². The van der Waals surface area contributed by atoms with Gasteiger partial charge in [-0.25, -0.2) is 8.78 Å². The second kappa shape index (κ2) is 6.53. The molecule has 0 amide bonds. The molecule has 1 aromatic rings. The molecule has 1 aliphatic rings. The lowest BCUT2D eigenvalue weighted by molar-refractivity contribution is 0.476. The van der Waals surface area contributed by atoms with E-state index in [1.54, 1.807) is 6.92 Å². The van der Waals surface area contributed by atoms with Gasteiger partial charge in [-0.1, -0.05) is 19.9 Å². The molecule has 112 valence electrons. The summed E-state index contributed by atoms with van der Waals surface area (Å²) in [6.07, 6.45) is 0.984. The monoisotopic (exact) mass is 282 g/mol. The Bertz CT molecular complexity index is 460. The van der Waals surface area contributed by atoms with Crippen molar-refractivity contribution in [3.63, 3.8) is 0 Å². The third-order valence-corrected chi connectivity index (χ3v) is 3.85. The predicted octanol–water partition coefficient (Wildman–Crippen LogP) is 3.35. The van der Waals surface area contributed by atoms with Crippen LogP contribution >= 0.6 is 0 Å². The Morgan fingerprint density at radius 2 is 2.10 bits per heavy atom. The van der Waals surface area contributed by atoms with Gasteiger partial charge in [-0.2, -0.15) is 0 Å². The Hall–Kier alpha value is -1.16. The van der Waals surface area contributed by atoms with Crippen molar-refractivity contribution in [1.82, 2.24) is 5.32 Å². The number of hydrogen-bond acceptors (Lipinski definition) is 2. The van der Waals surface area contributed by atoms with Crippen molar-refractivity contribution in [2.75, 3.05) is 31.1 Å². The molecule has 0 aromatic heterocycles. The molecule has 2 rings (SSSR count). The van der Waals surface area contributed by atoms with Gasteiger partial charge < -0.3 is 10.2 Å². The van der Waals surface area contributed by atoms with Crippen LogP contribution in [0.3, 0.4) is 0 Å². The van der Waals surface area contributed by atoms with Crippen molar-refractivity contribution in [3.05, 3.63) is 29.3 Å². The molecule has 1 heterocycles. The van der Waals surface area contributed by atoms with E-state index in [4.69, 9.17) is 0 Å². The molecule has 1 aliphatic heterocycles. The first-order valence-corrected chi connectivity index (χ1v) is 7.39. The average molecular weight is 282 g/mol. The smallest absolute Gasteiger partial charge is 0.152 e. The van der Waals surface area contributed by atoms with Crippen molar-refractivity contribution >= 4 is 5.69 Å². The first-order valence-electron chi connectivity index (χ1n) is 7.39. The van der Waals surface area contributed by atoms with Crippen LogP contribution in [-0.2, 0) is 0 Å². The number of hydrogen-bond donors (Lipinski definition) is 1. The van der Waals surface area contributed by atoms with E-state index in [9.17, 15) is 8.78 Å². The van der Waals surface area contributed by atoms with Gasteiger partial charge in [0.25, 0.3) is 0 Å². The van der Waals surface area contributed by atoms with Crippen LogP contribution in [0.15, 0.2) is 12.1 Å². The minimum atomic E-state index is -0.455. The number of nitrogens with one attached hydrogen (secondary N) is 1. The van der Waals surface area contributed by atoms with Crippen LogP contribution < -0.4 is 10.2 Å². The number of rotatable bonds is 5. The van der Waals surface area contributed by atoms with Crippen molar-refractivity contribution in [3.8, 4) is 0 Å². The number of halogens is 2. The standard InChI is InChI=1S/C16H24F2N2/c1-11(2)8-19-9-13-6-7-20(10-13)16-14(17)5-4-12(3)15(16)18/h4-5,11,13,19H,6-10H2,1-3H3. The van der Waals surface area contributed by atoms with E-state index in [0.717, 1.165) is 32.6 Å². The molecule has 1 fully saturated rings. The molecule has 1 unspecified atom stereocenters. The molecule has 0 radical (unpaired) electrons. The van der Waals surface area contributed by atoms with Crippen LogP contribution in [0.2, 0.25) is 0 Å². The van der Waals surface area contributed by atoms with Crippen molar-refractivity contribution in [2.24, 2.45) is 11.8 Å². The highest BCUT2D eigenvalue weighted by Gasteiger charge is 2.27. The molecule has 1 atom stereocenters. The molecule has 0 spiro atoms. The van der Waals surface area contributed by atoms with Gasteiger partial charge >= 0.3 is 0 Å². The summed E-state index contributed by atoms with van der Waals surface area (Å²) in [5.41, 5.74) is 0.652. The topological polar surface area (TPSA) is 15.3 Å². The molecular weight excluding hydrogens is 258 g/mol. The fraction of sp³-hybridized carbons (Fsp3) is 0.625. The summed E-state index contributed by atoms with van der Waals surface area (Å²) in [5, 5.41) is 3.43. The molecular formula is C16H24F2N2. The van der Waals surface area contributed by atoms with E-state index in [2.05, 4.69) is 19.2 Å². The minimum Gasteiger partial charge on any atom is -0.366 e. The van der Waals surface area contributed by atoms with E-state index in [0.29, 0.717) is 17.4 Å². The molecule has 0 saturated carbocycles. The van der Waals surface area contributed by atoms with Gasteiger partial charge in [-0.05, 0) is 49.9 Å². The van der Waals surface area contributed by atoms with Gasteiger partial charge in [0.05, 0.1) is 0 Å². The Kier molecular flexibility index (Phi) is 4.97. The van der Waals surface area contributed by atoms with Crippen LogP contribution in [0.1, 0.15) is 25.8 Å². The summed E-state index contributed by atoms with van der Waals surface area (Å²) in [4.78, 5) is 1.85.